The predicted octanol–water partition coefficient (Wildman–Crippen LogP) is 2.82. The third kappa shape index (κ3) is 3.49. The standard InChI is InChI=1S/C19H18FN5O2S2/c1-19(11-29(26,27)25(2)18(21)24-19)17-14(20)10-16(28-17)13-5-8-23-15(9-13)12-3-6-22-7-4-12/h3-10H,11H2,1-2H3,(H2,21,24). The Morgan fingerprint density at radius 1 is 1.17 bits per heavy atom. The van der Waals surface area contributed by atoms with Gasteiger partial charge in [0.15, 0.2) is 0 Å². The van der Waals surface area contributed by atoms with Crippen LogP contribution in [0.15, 0.2) is 53.9 Å². The molecule has 3 aromatic heterocycles. The highest BCUT2D eigenvalue weighted by Crippen LogP contribution is 2.41. The predicted molar refractivity (Wildman–Crippen MR) is 111 cm³/mol. The van der Waals surface area contributed by atoms with Crippen molar-refractivity contribution >= 4 is 27.3 Å². The average molecular weight is 432 g/mol. The van der Waals surface area contributed by atoms with Crippen molar-refractivity contribution in [2.75, 3.05) is 12.8 Å². The van der Waals surface area contributed by atoms with Crippen molar-refractivity contribution in [1.29, 1.82) is 0 Å². The van der Waals surface area contributed by atoms with Crippen molar-refractivity contribution in [3.8, 4) is 21.7 Å². The lowest BCUT2D eigenvalue weighted by atomic mass is 10.0. The van der Waals surface area contributed by atoms with E-state index in [0.717, 1.165) is 21.1 Å². The Balaban J connectivity index is 1.77. The zero-order valence-corrected chi connectivity index (χ0v) is 17.3. The maximum absolute atomic E-state index is 14.9. The summed E-state index contributed by atoms with van der Waals surface area (Å²) in [6, 6.07) is 8.72. The van der Waals surface area contributed by atoms with Crippen LogP contribution in [0.25, 0.3) is 21.7 Å². The molecule has 1 aliphatic rings. The van der Waals surface area contributed by atoms with E-state index in [1.807, 2.05) is 18.2 Å². The first-order valence-corrected chi connectivity index (χ1v) is 11.1. The molecule has 0 aromatic carbocycles. The first kappa shape index (κ1) is 19.5. The molecule has 0 bridgehead atoms. The molecule has 4 rings (SSSR count). The van der Waals surface area contributed by atoms with Crippen LogP contribution < -0.4 is 5.73 Å². The summed E-state index contributed by atoms with van der Waals surface area (Å²) >= 11 is 1.17. The SMILES string of the molecule is CN1C(N)=NC(C)(c2sc(-c3ccnc(-c4ccncc4)c3)cc2F)CS1(=O)=O. The van der Waals surface area contributed by atoms with Crippen LogP contribution in [0.3, 0.4) is 0 Å². The lowest BCUT2D eigenvalue weighted by Crippen LogP contribution is -2.50. The zero-order valence-electron chi connectivity index (χ0n) is 15.7. The van der Waals surface area contributed by atoms with Crippen LogP contribution in [0.1, 0.15) is 11.8 Å². The summed E-state index contributed by atoms with van der Waals surface area (Å²) < 4.78 is 40.6. The third-order valence-electron chi connectivity index (χ3n) is 4.76. The van der Waals surface area contributed by atoms with Gasteiger partial charge in [-0.2, -0.15) is 0 Å². The Labute approximate surface area is 171 Å². The second-order valence-electron chi connectivity index (χ2n) is 6.92. The summed E-state index contributed by atoms with van der Waals surface area (Å²) in [7, 11) is -2.34. The van der Waals surface area contributed by atoms with Gasteiger partial charge in [0.2, 0.25) is 16.0 Å². The molecule has 0 fully saturated rings. The molecule has 0 radical (unpaired) electrons. The Bertz CT molecular complexity index is 1210. The fourth-order valence-corrected chi connectivity index (χ4v) is 5.86. The summed E-state index contributed by atoms with van der Waals surface area (Å²) in [6.45, 7) is 1.58. The molecule has 0 aliphatic carbocycles. The smallest absolute Gasteiger partial charge is 0.239 e. The molecule has 0 saturated carbocycles. The maximum atomic E-state index is 14.9. The van der Waals surface area contributed by atoms with Crippen LogP contribution in [0, 0.1) is 5.82 Å². The van der Waals surface area contributed by atoms with E-state index in [0.29, 0.717) is 4.88 Å². The first-order valence-electron chi connectivity index (χ1n) is 8.68. The number of pyridine rings is 2. The van der Waals surface area contributed by atoms with Gasteiger partial charge in [0.25, 0.3) is 0 Å². The van der Waals surface area contributed by atoms with Crippen molar-refractivity contribution in [2.24, 2.45) is 10.7 Å². The monoisotopic (exact) mass is 431 g/mol. The molecule has 150 valence electrons. The Morgan fingerprint density at radius 3 is 2.55 bits per heavy atom. The highest BCUT2D eigenvalue weighted by molar-refractivity contribution is 7.89. The van der Waals surface area contributed by atoms with Crippen molar-refractivity contribution in [1.82, 2.24) is 14.3 Å². The molecule has 1 aliphatic heterocycles. The number of rotatable bonds is 3. The van der Waals surface area contributed by atoms with Gasteiger partial charge in [-0.25, -0.2) is 22.1 Å². The summed E-state index contributed by atoms with van der Waals surface area (Å²) in [4.78, 5) is 13.5. The lowest BCUT2D eigenvalue weighted by Gasteiger charge is -2.33. The molecule has 29 heavy (non-hydrogen) atoms. The molecule has 10 heteroatoms. The fourth-order valence-electron chi connectivity index (χ4n) is 3.21. The van der Waals surface area contributed by atoms with Crippen LogP contribution >= 0.6 is 11.3 Å². The first-order chi connectivity index (χ1) is 13.7. The van der Waals surface area contributed by atoms with E-state index < -0.39 is 21.4 Å². The number of nitrogens with zero attached hydrogens (tertiary/aromatic N) is 4. The van der Waals surface area contributed by atoms with Crippen molar-refractivity contribution < 1.29 is 12.8 Å². The second-order valence-corrected chi connectivity index (χ2v) is 9.97. The lowest BCUT2D eigenvalue weighted by molar-refractivity contribution is 0.466. The molecule has 3 aromatic rings. The van der Waals surface area contributed by atoms with E-state index in [4.69, 9.17) is 5.73 Å². The Hall–Kier alpha value is -2.85. The maximum Gasteiger partial charge on any atom is 0.239 e. The number of sulfonamides is 1. The van der Waals surface area contributed by atoms with Crippen LogP contribution in [0.4, 0.5) is 4.39 Å². The van der Waals surface area contributed by atoms with E-state index in [1.54, 1.807) is 31.6 Å². The minimum absolute atomic E-state index is 0.156. The van der Waals surface area contributed by atoms with E-state index in [-0.39, 0.29) is 16.6 Å². The molecule has 1 atom stereocenters. The highest BCUT2D eigenvalue weighted by atomic mass is 32.2. The van der Waals surface area contributed by atoms with Gasteiger partial charge in [0.1, 0.15) is 11.4 Å². The van der Waals surface area contributed by atoms with Gasteiger partial charge < -0.3 is 5.73 Å². The van der Waals surface area contributed by atoms with Gasteiger partial charge in [0, 0.05) is 36.1 Å². The van der Waals surface area contributed by atoms with Gasteiger partial charge in [-0.1, -0.05) is 0 Å². The normalized spacial score (nSPS) is 21.1. The van der Waals surface area contributed by atoms with Crippen molar-refractivity contribution in [2.45, 2.75) is 12.5 Å². The van der Waals surface area contributed by atoms with Crippen LogP contribution in [0.5, 0.6) is 0 Å². The largest absolute Gasteiger partial charge is 0.369 e. The minimum Gasteiger partial charge on any atom is -0.369 e. The zero-order chi connectivity index (χ0) is 20.8. The Kier molecular flexibility index (Phi) is 4.62. The van der Waals surface area contributed by atoms with Gasteiger partial charge in [-0.05, 0) is 42.8 Å². The van der Waals surface area contributed by atoms with Gasteiger partial charge in [0.05, 0.1) is 16.3 Å². The van der Waals surface area contributed by atoms with Crippen molar-refractivity contribution in [3.63, 3.8) is 0 Å². The number of aliphatic imine (C=N–C) groups is 1. The van der Waals surface area contributed by atoms with Crippen LogP contribution in [-0.2, 0) is 15.6 Å². The molecule has 1 unspecified atom stereocenters. The summed E-state index contributed by atoms with van der Waals surface area (Å²) in [5.41, 5.74) is 6.90. The highest BCUT2D eigenvalue weighted by Gasteiger charge is 2.42. The minimum atomic E-state index is -3.68. The number of guanidine groups is 1. The van der Waals surface area contributed by atoms with Gasteiger partial charge in [-0.3, -0.25) is 9.97 Å². The molecular weight excluding hydrogens is 413 g/mol. The molecule has 2 N–H and O–H groups in total. The van der Waals surface area contributed by atoms with Crippen molar-refractivity contribution in [3.05, 3.63) is 59.6 Å². The number of nitrogens with two attached hydrogens (primary N) is 1. The summed E-state index contributed by atoms with van der Waals surface area (Å²) in [6.07, 6.45) is 5.01. The molecule has 4 heterocycles. The number of aromatic nitrogens is 2. The second kappa shape index (κ2) is 6.89. The van der Waals surface area contributed by atoms with Gasteiger partial charge in [-0.15, -0.1) is 11.3 Å². The number of hydrogen-bond donors (Lipinski definition) is 1. The Morgan fingerprint density at radius 2 is 1.86 bits per heavy atom. The third-order valence-corrected chi connectivity index (χ3v) is 8.12. The quantitative estimate of drug-likeness (QED) is 0.687. The average Bonchev–Trinajstić information content (AvgIpc) is 3.09. The van der Waals surface area contributed by atoms with E-state index in [2.05, 4.69) is 15.0 Å². The van der Waals surface area contributed by atoms with E-state index in [9.17, 15) is 12.8 Å². The molecular formula is C19H18FN5O2S2. The molecule has 0 saturated heterocycles. The number of thiophene rings is 1. The van der Waals surface area contributed by atoms with E-state index >= 15 is 0 Å². The topological polar surface area (TPSA) is 102 Å². The summed E-state index contributed by atoms with van der Waals surface area (Å²) in [5.74, 6) is -1.02. The van der Waals surface area contributed by atoms with Crippen LogP contribution in [-0.4, -0.2) is 41.5 Å². The fraction of sp³-hybridized carbons (Fsp3) is 0.211. The number of halogens is 1. The molecule has 0 amide bonds. The molecule has 7 nitrogen and oxygen atoms in total. The summed E-state index contributed by atoms with van der Waals surface area (Å²) in [5, 5.41) is 0. The number of hydrogen-bond acceptors (Lipinski definition) is 7. The van der Waals surface area contributed by atoms with Gasteiger partial charge >= 0.3 is 0 Å². The van der Waals surface area contributed by atoms with Crippen LogP contribution in [0.2, 0.25) is 0 Å². The molecule has 0 spiro atoms. The van der Waals surface area contributed by atoms with E-state index in [1.165, 1.54) is 24.5 Å².